The number of nitrogens with zero attached hydrogens (tertiary/aromatic N) is 2. The Labute approximate surface area is 394 Å². The number of cyclic esters (lactones) is 1. The topological polar surface area (TPSA) is 206 Å². The van der Waals surface area contributed by atoms with Crippen molar-refractivity contribution >= 4 is 11.9 Å². The van der Waals surface area contributed by atoms with Crippen molar-refractivity contribution in [2.75, 3.05) is 34.3 Å². The van der Waals surface area contributed by atoms with Crippen LogP contribution in [-0.2, 0) is 49.4 Å². The quantitative estimate of drug-likeness (QED) is 0.121. The van der Waals surface area contributed by atoms with Crippen LogP contribution in [0.2, 0.25) is 0 Å². The van der Waals surface area contributed by atoms with Gasteiger partial charge in [0.05, 0.1) is 41.5 Å². The zero-order valence-corrected chi connectivity index (χ0v) is 42.1. The van der Waals surface area contributed by atoms with Crippen molar-refractivity contribution in [2.45, 2.75) is 218 Å². The number of benzene rings is 1. The first-order chi connectivity index (χ1) is 30.9. The lowest BCUT2D eigenvalue weighted by atomic mass is 9.77. The van der Waals surface area contributed by atoms with Gasteiger partial charge < -0.3 is 63.6 Å². The molecule has 0 bridgehead atoms. The Morgan fingerprint density at radius 2 is 1.58 bits per heavy atom. The summed E-state index contributed by atoms with van der Waals surface area (Å²) in [5, 5.41) is 59.9. The molecule has 380 valence electrons. The van der Waals surface area contributed by atoms with Gasteiger partial charge in [-0.1, -0.05) is 57.5 Å². The van der Waals surface area contributed by atoms with Crippen molar-refractivity contribution in [3.8, 4) is 0 Å². The standard InChI is InChI=1S/C50H86N2O14/c1-14-38-50(10,59)43(55)34(6)52(24-20-16-19-23-39(53)61-29-36-21-17-15-18-22-36)28-30(2)26-48(8,58)45(66-47-41(54)37(51(11)12)25-31(3)62-47)32(4)42(33(5)46(57)64-38)65-40-27-49(9,60-13)44(56)35(7)63-40/h15,17-18,21-22,30-35,37-38,40-45,47,54-56,58-59H,14,16,19-20,23-29H2,1-13H3/t30-,31-,32+,33-,34-,35+,37+,38-,40+,41-,42+,43-,44+,45-,47+,48-,49-,50-/m1/s1. The summed E-state index contributed by atoms with van der Waals surface area (Å²) in [5.41, 5.74) is -3.66. The molecule has 3 fully saturated rings. The van der Waals surface area contributed by atoms with Crippen LogP contribution in [-0.4, -0.2) is 172 Å². The first kappa shape index (κ1) is 56.3. The molecule has 66 heavy (non-hydrogen) atoms. The Hall–Kier alpha value is -2.32. The van der Waals surface area contributed by atoms with Gasteiger partial charge in [0.2, 0.25) is 0 Å². The highest BCUT2D eigenvalue weighted by Crippen LogP contribution is 2.40. The third kappa shape index (κ3) is 14.4. The number of esters is 2. The van der Waals surface area contributed by atoms with E-state index in [1.165, 1.54) is 14.0 Å². The minimum absolute atomic E-state index is 0.107. The van der Waals surface area contributed by atoms with Crippen LogP contribution >= 0.6 is 0 Å². The number of aliphatic hydroxyl groups is 5. The molecule has 3 aliphatic heterocycles. The second kappa shape index (κ2) is 24.5. The smallest absolute Gasteiger partial charge is 0.311 e. The molecule has 0 amide bonds. The molecule has 0 aromatic heterocycles. The van der Waals surface area contributed by atoms with Gasteiger partial charge in [-0.05, 0) is 113 Å². The normalized spacial score (nSPS) is 41.4. The third-order valence-corrected chi connectivity index (χ3v) is 14.6. The van der Waals surface area contributed by atoms with E-state index in [-0.39, 0.29) is 56.3 Å². The van der Waals surface area contributed by atoms with Crippen LogP contribution in [0.25, 0.3) is 0 Å². The number of rotatable bonds is 15. The highest BCUT2D eigenvalue weighted by molar-refractivity contribution is 5.73. The summed E-state index contributed by atoms with van der Waals surface area (Å²) in [6, 6.07) is 8.58. The summed E-state index contributed by atoms with van der Waals surface area (Å²) in [6.45, 7) is 18.7. The van der Waals surface area contributed by atoms with Gasteiger partial charge >= 0.3 is 11.9 Å². The molecule has 16 nitrogen and oxygen atoms in total. The summed E-state index contributed by atoms with van der Waals surface area (Å²) < 4.78 is 43.5. The summed E-state index contributed by atoms with van der Waals surface area (Å²) in [4.78, 5) is 31.1. The molecule has 0 saturated carbocycles. The van der Waals surface area contributed by atoms with E-state index < -0.39 is 96.0 Å². The molecule has 16 heteroatoms. The minimum Gasteiger partial charge on any atom is -0.461 e. The highest BCUT2D eigenvalue weighted by Gasteiger charge is 2.53. The van der Waals surface area contributed by atoms with Gasteiger partial charge in [-0.2, -0.15) is 0 Å². The van der Waals surface area contributed by atoms with Crippen LogP contribution in [0, 0.1) is 17.8 Å². The van der Waals surface area contributed by atoms with Gasteiger partial charge in [-0.3, -0.25) is 14.5 Å². The summed E-state index contributed by atoms with van der Waals surface area (Å²) >= 11 is 0. The Morgan fingerprint density at radius 3 is 2.20 bits per heavy atom. The molecule has 0 unspecified atom stereocenters. The second-order valence-corrected chi connectivity index (χ2v) is 20.7. The van der Waals surface area contributed by atoms with Crippen LogP contribution in [0.15, 0.2) is 30.3 Å². The second-order valence-electron chi connectivity index (χ2n) is 20.7. The van der Waals surface area contributed by atoms with Gasteiger partial charge in [-0.15, -0.1) is 0 Å². The van der Waals surface area contributed by atoms with E-state index in [9.17, 15) is 35.1 Å². The number of hydrogen-bond donors (Lipinski definition) is 5. The van der Waals surface area contributed by atoms with Crippen molar-refractivity contribution < 1.29 is 68.3 Å². The van der Waals surface area contributed by atoms with E-state index in [0.29, 0.717) is 38.8 Å². The minimum atomic E-state index is -1.89. The van der Waals surface area contributed by atoms with E-state index in [0.717, 1.165) is 5.56 Å². The molecule has 1 aromatic carbocycles. The molecule has 3 heterocycles. The van der Waals surface area contributed by atoms with E-state index in [4.69, 9.17) is 33.2 Å². The van der Waals surface area contributed by atoms with Gasteiger partial charge in [0.25, 0.3) is 0 Å². The largest absolute Gasteiger partial charge is 0.461 e. The van der Waals surface area contributed by atoms with Crippen molar-refractivity contribution in [1.29, 1.82) is 0 Å². The number of methoxy groups -OCH3 is 1. The fourth-order valence-electron chi connectivity index (χ4n) is 10.5. The Bertz CT molecular complexity index is 1630. The first-order valence-electron chi connectivity index (χ1n) is 24.3. The molecule has 0 spiro atoms. The molecule has 4 rings (SSSR count). The summed E-state index contributed by atoms with van der Waals surface area (Å²) in [7, 11) is 5.27. The fourth-order valence-corrected chi connectivity index (χ4v) is 10.5. The van der Waals surface area contributed by atoms with Crippen molar-refractivity contribution in [3.63, 3.8) is 0 Å². The maximum Gasteiger partial charge on any atom is 0.311 e. The summed E-state index contributed by atoms with van der Waals surface area (Å²) in [6.07, 6.45) is -6.59. The Balaban J connectivity index is 1.70. The molecular weight excluding hydrogens is 853 g/mol. The Kier molecular flexibility index (Phi) is 20.9. The van der Waals surface area contributed by atoms with E-state index in [1.807, 2.05) is 77.0 Å². The molecule has 0 aliphatic carbocycles. The zero-order valence-electron chi connectivity index (χ0n) is 42.1. The van der Waals surface area contributed by atoms with Gasteiger partial charge in [0.15, 0.2) is 12.6 Å². The van der Waals surface area contributed by atoms with Crippen molar-refractivity contribution in [3.05, 3.63) is 35.9 Å². The van der Waals surface area contributed by atoms with Crippen LogP contribution in [0.5, 0.6) is 0 Å². The maximum atomic E-state index is 14.5. The first-order valence-corrected chi connectivity index (χ1v) is 24.3. The van der Waals surface area contributed by atoms with E-state index in [2.05, 4.69) is 4.90 Å². The SMILES string of the molecule is CC[C@H]1OC(=O)[C@H](C)[C@@H](O[C@H]2C[C@@](C)(OC)[C@@H](O)[C@H](C)O2)[C@H](C)[C@@H](O[C@@H]2O[C@H](C)C[C@H](N(C)C)[C@H]2O)[C@](C)(O)C[C@@H](C)CN(CCCCCC(=O)OCc2ccccc2)[C@H](C)[C@@H](O)[C@]1(C)O. The number of likely N-dealkylation sites (N-methyl/N-ethyl adjacent to an activating group) is 1. The van der Waals surface area contributed by atoms with Crippen LogP contribution < -0.4 is 0 Å². The average Bonchev–Trinajstić information content (AvgIpc) is 3.26. The number of hydrogen-bond acceptors (Lipinski definition) is 16. The lowest BCUT2D eigenvalue weighted by Gasteiger charge is -2.48. The van der Waals surface area contributed by atoms with Gasteiger partial charge in [0, 0.05) is 44.5 Å². The van der Waals surface area contributed by atoms with Gasteiger partial charge in [0.1, 0.15) is 36.6 Å². The van der Waals surface area contributed by atoms with Crippen molar-refractivity contribution in [1.82, 2.24) is 9.80 Å². The number of unbranched alkanes of at least 4 members (excludes halogenated alkanes) is 2. The zero-order chi connectivity index (χ0) is 49.3. The van der Waals surface area contributed by atoms with Crippen LogP contribution in [0.4, 0.5) is 0 Å². The van der Waals surface area contributed by atoms with E-state index >= 15 is 0 Å². The number of aliphatic hydroxyl groups excluding tert-OH is 3. The van der Waals surface area contributed by atoms with Gasteiger partial charge in [-0.25, -0.2) is 0 Å². The number of ether oxygens (including phenoxy) is 7. The molecular formula is C50H86N2O14. The van der Waals surface area contributed by atoms with Crippen LogP contribution in [0.1, 0.15) is 126 Å². The molecule has 3 saturated heterocycles. The molecule has 3 aliphatic rings. The lowest BCUT2D eigenvalue weighted by molar-refractivity contribution is -0.318. The molecule has 18 atom stereocenters. The summed E-state index contributed by atoms with van der Waals surface area (Å²) in [5.74, 6) is -3.08. The Morgan fingerprint density at radius 1 is 0.909 bits per heavy atom. The molecule has 5 N–H and O–H groups in total. The average molecular weight is 939 g/mol. The predicted molar refractivity (Wildman–Crippen MR) is 248 cm³/mol. The van der Waals surface area contributed by atoms with Crippen LogP contribution in [0.3, 0.4) is 0 Å². The number of carbonyl (C=O) groups excluding carboxylic acids is 2. The highest BCUT2D eigenvalue weighted by atomic mass is 16.7. The number of carbonyl (C=O) groups is 2. The maximum absolute atomic E-state index is 14.5. The lowest BCUT2D eigenvalue weighted by Crippen LogP contribution is -2.60. The van der Waals surface area contributed by atoms with E-state index in [1.54, 1.807) is 34.6 Å². The fraction of sp³-hybridized carbons (Fsp3) is 0.840. The molecule has 0 radical (unpaired) electrons. The van der Waals surface area contributed by atoms with Crippen molar-refractivity contribution in [2.24, 2.45) is 17.8 Å². The molecule has 1 aromatic rings. The monoisotopic (exact) mass is 939 g/mol. The third-order valence-electron chi connectivity index (χ3n) is 14.6. The predicted octanol–water partition coefficient (Wildman–Crippen LogP) is 4.57.